The molecule has 1 aromatic rings. The maximum absolute atomic E-state index is 13.0. The van der Waals surface area contributed by atoms with Crippen LogP contribution in [0.15, 0.2) is 24.3 Å². The third-order valence-corrected chi connectivity index (χ3v) is 2.41. The van der Waals surface area contributed by atoms with Gasteiger partial charge in [0.05, 0.1) is 0 Å². The van der Waals surface area contributed by atoms with Crippen molar-refractivity contribution in [1.29, 1.82) is 0 Å². The van der Waals surface area contributed by atoms with E-state index in [-0.39, 0.29) is 12.8 Å². The number of rotatable bonds is 4. The van der Waals surface area contributed by atoms with Crippen LogP contribution in [0.1, 0.15) is 31.4 Å². The number of halogens is 2. The van der Waals surface area contributed by atoms with Gasteiger partial charge < -0.3 is 0 Å². The highest BCUT2D eigenvalue weighted by molar-refractivity contribution is 5.23. The van der Waals surface area contributed by atoms with Crippen molar-refractivity contribution in [1.82, 2.24) is 0 Å². The summed E-state index contributed by atoms with van der Waals surface area (Å²) in [6.45, 7) is 3.57. The highest BCUT2D eigenvalue weighted by atomic mass is 19.3. The molecule has 0 aliphatic carbocycles. The average Bonchev–Trinajstić information content (AvgIpc) is 2.19. The zero-order chi connectivity index (χ0) is 10.6. The van der Waals surface area contributed by atoms with E-state index in [4.69, 9.17) is 0 Å². The Hall–Kier alpha value is -0.920. The zero-order valence-corrected chi connectivity index (χ0v) is 8.69. The van der Waals surface area contributed by atoms with E-state index < -0.39 is 5.92 Å². The predicted molar refractivity (Wildman–Crippen MR) is 54.8 cm³/mol. The first-order valence-electron chi connectivity index (χ1n) is 5.03. The molecule has 0 aromatic heterocycles. The average molecular weight is 198 g/mol. The first kappa shape index (κ1) is 11.2. The Morgan fingerprint density at radius 2 is 1.50 bits per heavy atom. The van der Waals surface area contributed by atoms with Crippen LogP contribution in [-0.2, 0) is 12.8 Å². The first-order chi connectivity index (χ1) is 6.57. The zero-order valence-electron chi connectivity index (χ0n) is 8.69. The molecule has 0 amide bonds. The summed E-state index contributed by atoms with van der Waals surface area (Å²) in [6, 6.07) is 7.42. The monoisotopic (exact) mass is 198 g/mol. The largest absolute Gasteiger partial charge is 0.251 e. The summed E-state index contributed by atoms with van der Waals surface area (Å²) in [5.41, 5.74) is 1.91. The molecule has 0 aliphatic heterocycles. The molecule has 0 N–H and O–H groups in total. The molecule has 0 heterocycles. The topological polar surface area (TPSA) is 0 Å². The van der Waals surface area contributed by atoms with Crippen LogP contribution in [0, 0.1) is 0 Å². The number of hydrogen-bond acceptors (Lipinski definition) is 0. The van der Waals surface area contributed by atoms with E-state index in [1.54, 1.807) is 12.1 Å². The summed E-state index contributed by atoms with van der Waals surface area (Å²) in [5, 5.41) is 0. The van der Waals surface area contributed by atoms with Crippen LogP contribution < -0.4 is 0 Å². The molecule has 0 atom stereocenters. The van der Waals surface area contributed by atoms with Crippen molar-refractivity contribution in [3.8, 4) is 0 Å². The van der Waals surface area contributed by atoms with E-state index in [2.05, 4.69) is 6.92 Å². The molecule has 0 saturated heterocycles. The number of hydrogen-bond donors (Lipinski definition) is 0. The van der Waals surface area contributed by atoms with Crippen LogP contribution in [0.4, 0.5) is 8.78 Å². The third-order valence-electron chi connectivity index (χ3n) is 2.41. The van der Waals surface area contributed by atoms with Gasteiger partial charge in [-0.1, -0.05) is 38.1 Å². The second kappa shape index (κ2) is 4.54. The lowest BCUT2D eigenvalue weighted by atomic mass is 10.0. The van der Waals surface area contributed by atoms with E-state index in [1.165, 1.54) is 12.5 Å². The van der Waals surface area contributed by atoms with Gasteiger partial charge in [-0.25, -0.2) is 8.78 Å². The molecule has 0 saturated carbocycles. The Morgan fingerprint density at radius 3 is 1.93 bits per heavy atom. The van der Waals surface area contributed by atoms with Crippen molar-refractivity contribution in [3.05, 3.63) is 35.4 Å². The maximum atomic E-state index is 13.0. The van der Waals surface area contributed by atoms with Crippen LogP contribution >= 0.6 is 0 Å². The molecule has 78 valence electrons. The number of aryl methyl sites for hydroxylation is 1. The standard InChI is InChI=1S/C12H16F2/c1-3-10-5-7-11(8-6-10)9-12(13,14)4-2/h5-8H,3-4,9H2,1-2H3. The minimum Gasteiger partial charge on any atom is -0.207 e. The summed E-state index contributed by atoms with van der Waals surface area (Å²) in [7, 11) is 0. The van der Waals surface area contributed by atoms with Gasteiger partial charge in [0.15, 0.2) is 0 Å². The summed E-state index contributed by atoms with van der Waals surface area (Å²) >= 11 is 0. The van der Waals surface area contributed by atoms with Gasteiger partial charge in [-0.15, -0.1) is 0 Å². The highest BCUT2D eigenvalue weighted by Crippen LogP contribution is 2.23. The molecule has 1 rings (SSSR count). The molecule has 1 aromatic carbocycles. The highest BCUT2D eigenvalue weighted by Gasteiger charge is 2.26. The smallest absolute Gasteiger partial charge is 0.207 e. The summed E-state index contributed by atoms with van der Waals surface area (Å²) < 4.78 is 26.0. The Kier molecular flexibility index (Phi) is 3.62. The van der Waals surface area contributed by atoms with Crippen molar-refractivity contribution in [2.45, 2.75) is 39.0 Å². The van der Waals surface area contributed by atoms with E-state index in [0.717, 1.165) is 6.42 Å². The number of benzene rings is 1. The van der Waals surface area contributed by atoms with Crippen LogP contribution in [0.5, 0.6) is 0 Å². The molecule has 0 spiro atoms. The molecule has 2 heteroatoms. The van der Waals surface area contributed by atoms with Gasteiger partial charge in [0.25, 0.3) is 5.92 Å². The van der Waals surface area contributed by atoms with E-state index >= 15 is 0 Å². The molecule has 0 nitrogen and oxygen atoms in total. The Labute approximate surface area is 84.0 Å². The summed E-state index contributed by atoms with van der Waals surface area (Å²) in [5.74, 6) is -2.56. The van der Waals surface area contributed by atoms with Gasteiger partial charge in [0.1, 0.15) is 0 Å². The van der Waals surface area contributed by atoms with Crippen molar-refractivity contribution in [3.63, 3.8) is 0 Å². The van der Waals surface area contributed by atoms with Gasteiger partial charge in [-0.3, -0.25) is 0 Å². The fraction of sp³-hybridized carbons (Fsp3) is 0.500. The van der Waals surface area contributed by atoms with Gasteiger partial charge in [-0.05, 0) is 17.5 Å². The van der Waals surface area contributed by atoms with Crippen LogP contribution in [0.2, 0.25) is 0 Å². The first-order valence-corrected chi connectivity index (χ1v) is 5.03. The molecular weight excluding hydrogens is 182 g/mol. The van der Waals surface area contributed by atoms with Crippen molar-refractivity contribution in [2.75, 3.05) is 0 Å². The third kappa shape index (κ3) is 3.09. The molecule has 0 bridgehead atoms. The minimum absolute atomic E-state index is 0.0947. The molecule has 0 aliphatic rings. The van der Waals surface area contributed by atoms with Crippen molar-refractivity contribution >= 4 is 0 Å². The lowest BCUT2D eigenvalue weighted by Gasteiger charge is -2.13. The fourth-order valence-corrected chi connectivity index (χ4v) is 1.32. The second-order valence-corrected chi connectivity index (χ2v) is 3.56. The van der Waals surface area contributed by atoms with Crippen LogP contribution in [0.25, 0.3) is 0 Å². The van der Waals surface area contributed by atoms with Crippen LogP contribution in [0.3, 0.4) is 0 Å². The predicted octanol–water partition coefficient (Wildman–Crippen LogP) is 3.84. The Bertz CT molecular complexity index is 275. The summed E-state index contributed by atoms with van der Waals surface area (Å²) in [6.07, 6.45) is 0.709. The summed E-state index contributed by atoms with van der Waals surface area (Å²) in [4.78, 5) is 0. The minimum atomic E-state index is -2.56. The molecular formula is C12H16F2. The molecule has 0 radical (unpaired) electrons. The SMILES string of the molecule is CCc1ccc(CC(F)(F)CC)cc1. The van der Waals surface area contributed by atoms with E-state index in [1.807, 2.05) is 12.1 Å². The van der Waals surface area contributed by atoms with Crippen molar-refractivity contribution < 1.29 is 8.78 Å². The van der Waals surface area contributed by atoms with Gasteiger partial charge in [-0.2, -0.15) is 0 Å². The number of alkyl halides is 2. The van der Waals surface area contributed by atoms with Gasteiger partial charge >= 0.3 is 0 Å². The van der Waals surface area contributed by atoms with Gasteiger partial charge in [0, 0.05) is 12.8 Å². The lowest BCUT2D eigenvalue weighted by Crippen LogP contribution is -2.17. The lowest BCUT2D eigenvalue weighted by molar-refractivity contribution is -0.00219. The Morgan fingerprint density at radius 1 is 1.00 bits per heavy atom. The molecule has 0 unspecified atom stereocenters. The Balaban J connectivity index is 2.69. The van der Waals surface area contributed by atoms with Crippen LogP contribution in [-0.4, -0.2) is 5.92 Å². The normalized spacial score (nSPS) is 11.7. The van der Waals surface area contributed by atoms with Crippen molar-refractivity contribution in [2.24, 2.45) is 0 Å². The maximum Gasteiger partial charge on any atom is 0.251 e. The van der Waals surface area contributed by atoms with E-state index in [0.29, 0.717) is 5.56 Å². The fourth-order valence-electron chi connectivity index (χ4n) is 1.32. The van der Waals surface area contributed by atoms with E-state index in [9.17, 15) is 8.78 Å². The molecule has 14 heavy (non-hydrogen) atoms. The van der Waals surface area contributed by atoms with Gasteiger partial charge in [0.2, 0.25) is 0 Å². The second-order valence-electron chi connectivity index (χ2n) is 3.56. The molecule has 0 fully saturated rings. The quantitative estimate of drug-likeness (QED) is 0.689.